The van der Waals surface area contributed by atoms with Gasteiger partial charge in [0.15, 0.2) is 16.0 Å². The van der Waals surface area contributed by atoms with Gasteiger partial charge in [0.05, 0.1) is 0 Å². The van der Waals surface area contributed by atoms with E-state index in [9.17, 15) is 0 Å². The Labute approximate surface area is 97.3 Å². The highest BCUT2D eigenvalue weighted by atomic mass is 15.0. The molecule has 0 aromatic rings. The second-order valence-electron chi connectivity index (χ2n) is 5.08. The highest BCUT2D eigenvalue weighted by Gasteiger charge is 2.02. The maximum absolute atomic E-state index is 2.50. The normalized spacial score (nSPS) is 25.1. The first-order valence-electron chi connectivity index (χ1n) is 6.66. The fraction of sp³-hybridized carbons (Fsp3) is 1.00. The van der Waals surface area contributed by atoms with Crippen LogP contribution in [0.5, 0.6) is 0 Å². The third-order valence-electron chi connectivity index (χ3n) is 3.41. The van der Waals surface area contributed by atoms with Gasteiger partial charge in [-0.05, 0) is 51.9 Å². The van der Waals surface area contributed by atoms with Gasteiger partial charge in [-0.3, -0.25) is 0 Å². The Hall–Kier alpha value is 0.0499. The maximum Gasteiger partial charge on any atom is 0.185 e. The van der Waals surface area contributed by atoms with E-state index in [0.717, 1.165) is 0 Å². The van der Waals surface area contributed by atoms with Gasteiger partial charge >= 0.3 is 0 Å². The van der Waals surface area contributed by atoms with Gasteiger partial charge in [0, 0.05) is 0 Å². The van der Waals surface area contributed by atoms with Crippen LogP contribution in [0.2, 0.25) is 0 Å². The zero-order chi connectivity index (χ0) is 10.9. The Bertz CT molecular complexity index is 140. The molecule has 1 rings (SSSR count). The molecule has 1 heterocycles. The zero-order valence-electron chi connectivity index (χ0n) is 10.7. The van der Waals surface area contributed by atoms with Crippen molar-refractivity contribution in [3.8, 4) is 0 Å². The first-order valence-corrected chi connectivity index (χ1v) is 6.66. The lowest BCUT2D eigenvalue weighted by Gasteiger charge is -2.18. The molecule has 0 aliphatic carbocycles. The lowest BCUT2D eigenvalue weighted by Crippen LogP contribution is -2.25. The Morgan fingerprint density at radius 3 is 1.13 bits per heavy atom. The molecule has 0 aromatic carbocycles. The first-order chi connectivity index (χ1) is 7.29. The van der Waals surface area contributed by atoms with Crippen LogP contribution < -0.4 is 0 Å². The van der Waals surface area contributed by atoms with E-state index in [2.05, 4.69) is 25.6 Å². The van der Waals surface area contributed by atoms with Gasteiger partial charge in [-0.15, -0.1) is 0 Å². The van der Waals surface area contributed by atoms with Crippen LogP contribution in [0.4, 0.5) is 0 Å². The highest BCUT2D eigenvalue weighted by molar-refractivity contribution is 6.04. The van der Waals surface area contributed by atoms with Gasteiger partial charge in [0.2, 0.25) is 0 Å². The van der Waals surface area contributed by atoms with E-state index >= 15 is 0 Å². The standard InChI is InChI=1S/C11H26B2N2/c12-14-8-4-2-1-3-5-9-15(13)11-7-6-10-14/h1-13H2. The first kappa shape index (κ1) is 13.1. The molecule has 86 valence electrons. The van der Waals surface area contributed by atoms with Crippen molar-refractivity contribution >= 4 is 16.0 Å². The largest absolute Gasteiger partial charge is 0.349 e. The lowest BCUT2D eigenvalue weighted by molar-refractivity contribution is 0.395. The van der Waals surface area contributed by atoms with Crippen LogP contribution in [0.15, 0.2) is 0 Å². The quantitative estimate of drug-likeness (QED) is 0.532. The minimum Gasteiger partial charge on any atom is -0.349 e. The smallest absolute Gasteiger partial charge is 0.185 e. The SMILES string of the molecule is BN1CCCCCCCN(B)CCCC1. The van der Waals surface area contributed by atoms with Gasteiger partial charge in [0.25, 0.3) is 0 Å². The molecule has 0 saturated carbocycles. The summed E-state index contributed by atoms with van der Waals surface area (Å²) in [7, 11) is 4.53. The molecule has 1 saturated heterocycles. The summed E-state index contributed by atoms with van der Waals surface area (Å²) in [5.41, 5.74) is 0. The van der Waals surface area contributed by atoms with Crippen molar-refractivity contribution in [1.82, 2.24) is 9.62 Å². The van der Waals surface area contributed by atoms with Crippen LogP contribution in [0, 0.1) is 0 Å². The molecular weight excluding hydrogens is 182 g/mol. The average molecular weight is 208 g/mol. The van der Waals surface area contributed by atoms with E-state index in [0.29, 0.717) is 0 Å². The van der Waals surface area contributed by atoms with E-state index in [4.69, 9.17) is 0 Å². The molecule has 0 atom stereocenters. The lowest BCUT2D eigenvalue weighted by atomic mass is 10.1. The van der Waals surface area contributed by atoms with E-state index in [-0.39, 0.29) is 0 Å². The number of rotatable bonds is 0. The van der Waals surface area contributed by atoms with Crippen molar-refractivity contribution in [3.63, 3.8) is 0 Å². The topological polar surface area (TPSA) is 6.48 Å². The molecule has 0 aromatic heterocycles. The van der Waals surface area contributed by atoms with Gasteiger partial charge < -0.3 is 9.62 Å². The molecule has 0 N–H and O–H groups in total. The molecule has 0 amide bonds. The van der Waals surface area contributed by atoms with E-state index in [1.54, 1.807) is 0 Å². The van der Waals surface area contributed by atoms with Gasteiger partial charge in [-0.25, -0.2) is 0 Å². The summed E-state index contributed by atoms with van der Waals surface area (Å²) >= 11 is 0. The van der Waals surface area contributed by atoms with Crippen LogP contribution in [-0.4, -0.2) is 51.8 Å². The molecular formula is C11H26B2N2. The minimum absolute atomic E-state index is 1.29. The average Bonchev–Trinajstić information content (AvgIpc) is 2.23. The molecule has 0 radical (unpaired) electrons. The Morgan fingerprint density at radius 2 is 0.733 bits per heavy atom. The Kier molecular flexibility index (Phi) is 7.20. The molecule has 15 heavy (non-hydrogen) atoms. The summed E-state index contributed by atoms with van der Waals surface area (Å²) in [5.74, 6) is 0. The van der Waals surface area contributed by atoms with Crippen LogP contribution in [-0.2, 0) is 0 Å². The van der Waals surface area contributed by atoms with Crippen LogP contribution >= 0.6 is 0 Å². The summed E-state index contributed by atoms with van der Waals surface area (Å²) in [6, 6.07) is 0. The number of hydrogen-bond donors (Lipinski definition) is 0. The van der Waals surface area contributed by atoms with Crippen LogP contribution in [0.25, 0.3) is 0 Å². The molecule has 1 aliphatic heterocycles. The fourth-order valence-electron chi connectivity index (χ4n) is 2.28. The molecule has 4 heteroatoms. The third kappa shape index (κ3) is 7.02. The van der Waals surface area contributed by atoms with E-state index < -0.39 is 0 Å². The molecule has 1 fully saturated rings. The third-order valence-corrected chi connectivity index (χ3v) is 3.41. The summed E-state index contributed by atoms with van der Waals surface area (Å²) in [6.45, 7) is 5.17. The van der Waals surface area contributed by atoms with Crippen molar-refractivity contribution in [2.24, 2.45) is 0 Å². The molecule has 1 aliphatic rings. The van der Waals surface area contributed by atoms with Crippen molar-refractivity contribution in [3.05, 3.63) is 0 Å². The minimum atomic E-state index is 1.29. The molecule has 0 unspecified atom stereocenters. The molecule has 0 spiro atoms. The monoisotopic (exact) mass is 208 g/mol. The predicted molar refractivity (Wildman–Crippen MR) is 72.6 cm³/mol. The number of nitrogens with zero attached hydrogens (tertiary/aromatic N) is 2. The van der Waals surface area contributed by atoms with Crippen molar-refractivity contribution in [1.29, 1.82) is 0 Å². The summed E-state index contributed by atoms with van der Waals surface area (Å²) in [4.78, 5) is 5.00. The van der Waals surface area contributed by atoms with Crippen molar-refractivity contribution in [2.75, 3.05) is 26.2 Å². The predicted octanol–water partition coefficient (Wildman–Crippen LogP) is 0.431. The van der Waals surface area contributed by atoms with E-state index in [1.165, 1.54) is 71.1 Å². The van der Waals surface area contributed by atoms with Crippen molar-refractivity contribution in [2.45, 2.75) is 44.9 Å². The van der Waals surface area contributed by atoms with Gasteiger partial charge in [-0.1, -0.05) is 19.3 Å². The molecule has 0 bridgehead atoms. The Balaban J connectivity index is 2.21. The molecule has 2 nitrogen and oxygen atoms in total. The fourth-order valence-corrected chi connectivity index (χ4v) is 2.28. The zero-order valence-corrected chi connectivity index (χ0v) is 10.7. The summed E-state index contributed by atoms with van der Waals surface area (Å²) in [5, 5.41) is 0. The highest BCUT2D eigenvalue weighted by Crippen LogP contribution is 2.06. The van der Waals surface area contributed by atoms with Crippen molar-refractivity contribution < 1.29 is 0 Å². The van der Waals surface area contributed by atoms with E-state index in [1.807, 2.05) is 0 Å². The van der Waals surface area contributed by atoms with Gasteiger partial charge in [0.1, 0.15) is 0 Å². The Morgan fingerprint density at radius 1 is 0.467 bits per heavy atom. The van der Waals surface area contributed by atoms with Crippen LogP contribution in [0.1, 0.15) is 44.9 Å². The number of hydrogen-bond acceptors (Lipinski definition) is 2. The second-order valence-corrected chi connectivity index (χ2v) is 5.08. The summed E-state index contributed by atoms with van der Waals surface area (Å²) in [6.07, 6.45) is 9.80. The maximum atomic E-state index is 2.50. The van der Waals surface area contributed by atoms with Crippen LogP contribution in [0.3, 0.4) is 0 Å². The second kappa shape index (κ2) is 8.23. The summed E-state index contributed by atoms with van der Waals surface area (Å²) < 4.78 is 0. The van der Waals surface area contributed by atoms with Gasteiger partial charge in [-0.2, -0.15) is 0 Å².